The molecule has 0 saturated heterocycles. The maximum absolute atomic E-state index is 12.6. The van der Waals surface area contributed by atoms with Crippen molar-refractivity contribution in [1.82, 2.24) is 9.88 Å². The molecule has 0 fully saturated rings. The van der Waals surface area contributed by atoms with Gasteiger partial charge in [0.2, 0.25) is 5.91 Å². The lowest BCUT2D eigenvalue weighted by Crippen LogP contribution is -2.45. The molecule has 152 valence electrons. The smallest absolute Gasteiger partial charge is 0.410 e. The standard InChI is InChI=1S/C22H24BrN3O3/c1-15(26(5)21(28)29-22(2,3)4)20(27)25-19-14-12-17(23)18(24-19)13-11-16-9-7-6-8-10-16/h6-10,12,14-15H,1-5H3,(H,24,25,27). The number of hydrogen-bond donors (Lipinski definition) is 1. The number of carbonyl (C=O) groups is 2. The van der Waals surface area contributed by atoms with E-state index in [0.717, 1.165) is 10.0 Å². The number of anilines is 1. The van der Waals surface area contributed by atoms with E-state index in [-0.39, 0.29) is 5.91 Å². The minimum atomic E-state index is -0.742. The molecule has 0 aliphatic rings. The van der Waals surface area contributed by atoms with Gasteiger partial charge in [0.05, 0.1) is 4.47 Å². The molecule has 1 atom stereocenters. The SMILES string of the molecule is CC(C(=O)Nc1ccc(Br)c(C#Cc2ccccc2)n1)N(C)C(=O)OC(C)(C)C. The fourth-order valence-corrected chi connectivity index (χ4v) is 2.47. The van der Waals surface area contributed by atoms with E-state index < -0.39 is 17.7 Å². The number of rotatable bonds is 3. The Kier molecular flexibility index (Phi) is 7.40. The van der Waals surface area contributed by atoms with Crippen LogP contribution in [-0.2, 0) is 9.53 Å². The summed E-state index contributed by atoms with van der Waals surface area (Å²) in [5.74, 6) is 6.00. The highest BCUT2D eigenvalue weighted by Gasteiger charge is 2.27. The number of amides is 2. The predicted molar refractivity (Wildman–Crippen MR) is 116 cm³/mol. The van der Waals surface area contributed by atoms with Crippen molar-refractivity contribution in [3.05, 3.63) is 58.2 Å². The lowest BCUT2D eigenvalue weighted by molar-refractivity contribution is -0.120. The van der Waals surface area contributed by atoms with Crippen LogP contribution in [0.1, 0.15) is 39.0 Å². The van der Waals surface area contributed by atoms with Crippen LogP contribution in [0.4, 0.5) is 10.6 Å². The number of benzene rings is 1. The third-order valence-electron chi connectivity index (χ3n) is 3.84. The molecule has 2 rings (SSSR count). The predicted octanol–water partition coefficient (Wildman–Crippen LogP) is 4.44. The molecule has 2 aromatic rings. The summed E-state index contributed by atoms with van der Waals surface area (Å²) in [4.78, 5) is 30.3. The highest BCUT2D eigenvalue weighted by molar-refractivity contribution is 9.10. The van der Waals surface area contributed by atoms with Gasteiger partial charge in [-0.3, -0.25) is 9.69 Å². The number of ether oxygens (including phenoxy) is 1. The van der Waals surface area contributed by atoms with Crippen LogP contribution in [-0.4, -0.2) is 40.6 Å². The van der Waals surface area contributed by atoms with Gasteiger partial charge in [-0.25, -0.2) is 9.78 Å². The molecule has 1 heterocycles. The van der Waals surface area contributed by atoms with Crippen molar-refractivity contribution in [3.8, 4) is 11.8 Å². The molecule has 1 aromatic heterocycles. The molecule has 0 bridgehead atoms. The van der Waals surface area contributed by atoms with Crippen LogP contribution in [0.15, 0.2) is 46.9 Å². The summed E-state index contributed by atoms with van der Waals surface area (Å²) in [6.45, 7) is 6.93. The van der Waals surface area contributed by atoms with Crippen molar-refractivity contribution in [1.29, 1.82) is 0 Å². The first-order valence-corrected chi connectivity index (χ1v) is 9.86. The summed E-state index contributed by atoms with van der Waals surface area (Å²) < 4.78 is 6.02. The molecular weight excluding hydrogens is 434 g/mol. The Hall–Kier alpha value is -2.85. The molecule has 6 nitrogen and oxygen atoms in total. The van der Waals surface area contributed by atoms with Crippen LogP contribution >= 0.6 is 15.9 Å². The molecule has 0 aliphatic carbocycles. The third kappa shape index (κ3) is 6.91. The van der Waals surface area contributed by atoms with Gasteiger partial charge in [0.15, 0.2) is 0 Å². The van der Waals surface area contributed by atoms with Crippen molar-refractivity contribution < 1.29 is 14.3 Å². The average Bonchev–Trinajstić information content (AvgIpc) is 2.66. The van der Waals surface area contributed by atoms with Gasteiger partial charge in [-0.1, -0.05) is 24.1 Å². The lowest BCUT2D eigenvalue weighted by Gasteiger charge is -2.28. The second-order valence-electron chi connectivity index (χ2n) is 7.40. The van der Waals surface area contributed by atoms with Gasteiger partial charge in [-0.15, -0.1) is 0 Å². The fourth-order valence-electron chi connectivity index (χ4n) is 2.15. The van der Waals surface area contributed by atoms with Crippen LogP contribution in [0.2, 0.25) is 0 Å². The summed E-state index contributed by atoms with van der Waals surface area (Å²) >= 11 is 3.42. The van der Waals surface area contributed by atoms with Crippen molar-refractivity contribution >= 4 is 33.7 Å². The van der Waals surface area contributed by atoms with E-state index in [1.165, 1.54) is 11.9 Å². The van der Waals surface area contributed by atoms with Crippen molar-refractivity contribution in [3.63, 3.8) is 0 Å². The van der Waals surface area contributed by atoms with E-state index in [1.807, 2.05) is 30.3 Å². The Balaban J connectivity index is 2.11. The van der Waals surface area contributed by atoms with Crippen LogP contribution in [0.25, 0.3) is 0 Å². The number of nitrogens with zero attached hydrogens (tertiary/aromatic N) is 2. The highest BCUT2D eigenvalue weighted by atomic mass is 79.9. The van der Waals surface area contributed by atoms with Gasteiger partial charge in [-0.2, -0.15) is 0 Å². The second kappa shape index (κ2) is 9.57. The van der Waals surface area contributed by atoms with Gasteiger partial charge in [0.25, 0.3) is 0 Å². The minimum absolute atomic E-state index is 0.347. The van der Waals surface area contributed by atoms with Crippen LogP contribution < -0.4 is 5.32 Å². The summed E-state index contributed by atoms with van der Waals surface area (Å²) in [5.41, 5.74) is 0.726. The fraction of sp³-hybridized carbons (Fsp3) is 0.318. The molecule has 29 heavy (non-hydrogen) atoms. The number of likely N-dealkylation sites (N-methyl/N-ethyl adjacent to an activating group) is 1. The van der Waals surface area contributed by atoms with Gasteiger partial charge in [0, 0.05) is 12.6 Å². The molecule has 0 saturated carbocycles. The number of aromatic nitrogens is 1. The Morgan fingerprint density at radius 3 is 2.41 bits per heavy atom. The zero-order valence-corrected chi connectivity index (χ0v) is 18.7. The van der Waals surface area contributed by atoms with Crippen LogP contribution in [0, 0.1) is 11.8 Å². The van der Waals surface area contributed by atoms with Crippen LogP contribution in [0.5, 0.6) is 0 Å². The maximum atomic E-state index is 12.6. The molecule has 0 spiro atoms. The molecule has 7 heteroatoms. The number of hydrogen-bond acceptors (Lipinski definition) is 4. The first kappa shape index (κ1) is 22.4. The number of carbonyl (C=O) groups excluding carboxylic acids is 2. The summed E-state index contributed by atoms with van der Waals surface area (Å²) in [6.07, 6.45) is -0.571. The van der Waals surface area contributed by atoms with E-state index in [4.69, 9.17) is 4.74 Å². The molecule has 0 radical (unpaired) electrons. The Morgan fingerprint density at radius 1 is 1.14 bits per heavy atom. The zero-order valence-electron chi connectivity index (χ0n) is 17.1. The van der Waals surface area contributed by atoms with Crippen molar-refractivity contribution in [2.45, 2.75) is 39.3 Å². The van der Waals surface area contributed by atoms with Crippen LogP contribution in [0.3, 0.4) is 0 Å². The maximum Gasteiger partial charge on any atom is 0.410 e. The van der Waals surface area contributed by atoms with E-state index in [1.54, 1.807) is 39.8 Å². The monoisotopic (exact) mass is 457 g/mol. The van der Waals surface area contributed by atoms with Gasteiger partial charge in [-0.05, 0) is 73.8 Å². The molecular formula is C22H24BrN3O3. The first-order valence-electron chi connectivity index (χ1n) is 9.07. The zero-order chi connectivity index (χ0) is 21.6. The Labute approximate surface area is 179 Å². The molecule has 1 N–H and O–H groups in total. The molecule has 1 unspecified atom stereocenters. The minimum Gasteiger partial charge on any atom is -0.444 e. The number of halogens is 1. The normalized spacial score (nSPS) is 11.7. The number of nitrogens with one attached hydrogen (secondary N) is 1. The largest absolute Gasteiger partial charge is 0.444 e. The second-order valence-corrected chi connectivity index (χ2v) is 8.25. The average molecular weight is 458 g/mol. The quantitative estimate of drug-likeness (QED) is 0.691. The van der Waals surface area contributed by atoms with E-state index in [0.29, 0.717) is 11.5 Å². The third-order valence-corrected chi connectivity index (χ3v) is 4.48. The summed E-state index contributed by atoms with van der Waals surface area (Å²) in [6, 6.07) is 12.2. The summed E-state index contributed by atoms with van der Waals surface area (Å²) in [5, 5.41) is 2.72. The van der Waals surface area contributed by atoms with E-state index in [9.17, 15) is 9.59 Å². The van der Waals surface area contributed by atoms with E-state index in [2.05, 4.69) is 38.1 Å². The topological polar surface area (TPSA) is 71.5 Å². The van der Waals surface area contributed by atoms with Crippen molar-refractivity contribution in [2.75, 3.05) is 12.4 Å². The van der Waals surface area contributed by atoms with Gasteiger partial charge < -0.3 is 10.1 Å². The summed E-state index contributed by atoms with van der Waals surface area (Å²) in [7, 11) is 1.52. The molecule has 0 aliphatic heterocycles. The van der Waals surface area contributed by atoms with E-state index >= 15 is 0 Å². The Morgan fingerprint density at radius 2 is 1.79 bits per heavy atom. The lowest BCUT2D eigenvalue weighted by atomic mass is 10.2. The molecule has 2 amide bonds. The Bertz CT molecular complexity index is 943. The van der Waals surface area contributed by atoms with Gasteiger partial charge in [0.1, 0.15) is 23.2 Å². The first-order chi connectivity index (χ1) is 13.6. The highest BCUT2D eigenvalue weighted by Crippen LogP contribution is 2.18. The van der Waals surface area contributed by atoms with Gasteiger partial charge >= 0.3 is 6.09 Å². The van der Waals surface area contributed by atoms with Crippen molar-refractivity contribution in [2.24, 2.45) is 0 Å². The molecule has 1 aromatic carbocycles. The number of pyridine rings is 1.